The Kier molecular flexibility index (Phi) is 6.54. The molecule has 1 atom stereocenters. The number of rotatable bonds is 8. The van der Waals surface area contributed by atoms with Gasteiger partial charge in [0.1, 0.15) is 5.75 Å². The van der Waals surface area contributed by atoms with Crippen molar-refractivity contribution in [1.29, 1.82) is 0 Å². The molecule has 1 amide bonds. The van der Waals surface area contributed by atoms with Crippen molar-refractivity contribution < 1.29 is 19.4 Å². The zero-order valence-electron chi connectivity index (χ0n) is 15.6. The summed E-state index contributed by atoms with van der Waals surface area (Å²) in [5.74, 6) is 0.937. The zero-order chi connectivity index (χ0) is 19.1. The van der Waals surface area contributed by atoms with Crippen molar-refractivity contribution in [1.82, 2.24) is 10.2 Å². The number of hydrogen-bond acceptors (Lipinski definition) is 5. The maximum Gasteiger partial charge on any atom is 0.258 e. The summed E-state index contributed by atoms with van der Waals surface area (Å²) in [7, 11) is 1.65. The first-order valence-electron chi connectivity index (χ1n) is 9.23. The first-order valence-corrected chi connectivity index (χ1v) is 9.23. The van der Waals surface area contributed by atoms with E-state index in [2.05, 4.69) is 10.2 Å². The number of hydrogen-bond donors (Lipinski definition) is 2. The molecule has 1 aliphatic heterocycles. The number of phenolic OH excluding ortho intramolecular Hbond substituents is 1. The maximum atomic E-state index is 12.2. The van der Waals surface area contributed by atoms with Crippen LogP contribution in [0, 0.1) is 0 Å². The highest BCUT2D eigenvalue weighted by atomic mass is 16.5. The van der Waals surface area contributed by atoms with Gasteiger partial charge in [-0.05, 0) is 55.8 Å². The highest BCUT2D eigenvalue weighted by Gasteiger charge is 2.24. The SMILES string of the molecule is COc1ccc(C(CNC(=O)COc2ccccc2O)N2CCCC2)cc1. The summed E-state index contributed by atoms with van der Waals surface area (Å²) >= 11 is 0. The second-order valence-corrected chi connectivity index (χ2v) is 6.59. The van der Waals surface area contributed by atoms with Gasteiger partial charge in [-0.2, -0.15) is 0 Å². The zero-order valence-corrected chi connectivity index (χ0v) is 15.6. The molecule has 3 rings (SSSR count). The molecule has 6 nitrogen and oxygen atoms in total. The fourth-order valence-electron chi connectivity index (χ4n) is 3.32. The molecule has 0 aromatic heterocycles. The molecule has 1 aliphatic rings. The first-order chi connectivity index (χ1) is 13.2. The van der Waals surface area contributed by atoms with Crippen LogP contribution in [0.5, 0.6) is 17.2 Å². The molecule has 0 radical (unpaired) electrons. The molecule has 0 bridgehead atoms. The average molecular weight is 370 g/mol. The predicted octanol–water partition coefficient (Wildman–Crippen LogP) is 2.73. The Hall–Kier alpha value is -2.73. The van der Waals surface area contributed by atoms with E-state index in [1.165, 1.54) is 18.9 Å². The van der Waals surface area contributed by atoms with Gasteiger partial charge < -0.3 is 19.9 Å². The smallest absolute Gasteiger partial charge is 0.258 e. The highest BCUT2D eigenvalue weighted by molar-refractivity contribution is 5.77. The van der Waals surface area contributed by atoms with E-state index in [4.69, 9.17) is 9.47 Å². The number of amides is 1. The second-order valence-electron chi connectivity index (χ2n) is 6.59. The van der Waals surface area contributed by atoms with Gasteiger partial charge in [0.05, 0.1) is 13.2 Å². The molecule has 0 saturated carbocycles. The summed E-state index contributed by atoms with van der Waals surface area (Å²) in [6.07, 6.45) is 2.36. The number of aromatic hydroxyl groups is 1. The number of carbonyl (C=O) groups excluding carboxylic acids is 1. The lowest BCUT2D eigenvalue weighted by Gasteiger charge is -2.28. The molecule has 2 aromatic rings. The number of ether oxygens (including phenoxy) is 2. The van der Waals surface area contributed by atoms with Crippen LogP contribution in [0.2, 0.25) is 0 Å². The molecule has 6 heteroatoms. The molecule has 0 aliphatic carbocycles. The van der Waals surface area contributed by atoms with Gasteiger partial charge in [0.15, 0.2) is 18.1 Å². The van der Waals surface area contributed by atoms with Gasteiger partial charge in [-0.25, -0.2) is 0 Å². The van der Waals surface area contributed by atoms with Crippen molar-refractivity contribution in [3.05, 3.63) is 54.1 Å². The molecular formula is C21H26N2O4. The van der Waals surface area contributed by atoms with Crippen LogP contribution in [0.4, 0.5) is 0 Å². The van der Waals surface area contributed by atoms with E-state index in [0.717, 1.165) is 24.4 Å². The summed E-state index contributed by atoms with van der Waals surface area (Å²) in [6, 6.07) is 14.7. The summed E-state index contributed by atoms with van der Waals surface area (Å²) < 4.78 is 10.6. The highest BCUT2D eigenvalue weighted by Crippen LogP contribution is 2.26. The minimum Gasteiger partial charge on any atom is -0.504 e. The van der Waals surface area contributed by atoms with Crippen molar-refractivity contribution in [2.75, 3.05) is 33.4 Å². The topological polar surface area (TPSA) is 71.0 Å². The minimum absolute atomic E-state index is 0.0264. The lowest BCUT2D eigenvalue weighted by Crippen LogP contribution is -2.38. The fourth-order valence-corrected chi connectivity index (χ4v) is 3.32. The van der Waals surface area contributed by atoms with E-state index in [9.17, 15) is 9.90 Å². The molecule has 1 heterocycles. The third-order valence-corrected chi connectivity index (χ3v) is 4.80. The number of methoxy groups -OCH3 is 1. The second kappa shape index (κ2) is 9.28. The molecule has 1 unspecified atom stereocenters. The third-order valence-electron chi connectivity index (χ3n) is 4.80. The molecule has 1 saturated heterocycles. The van der Waals surface area contributed by atoms with Crippen molar-refractivity contribution >= 4 is 5.91 Å². The Bertz CT molecular complexity index is 742. The third kappa shape index (κ3) is 5.14. The summed E-state index contributed by atoms with van der Waals surface area (Å²) in [6.45, 7) is 2.43. The van der Waals surface area contributed by atoms with Crippen LogP contribution in [-0.2, 0) is 4.79 Å². The number of para-hydroxylation sites is 2. The maximum absolute atomic E-state index is 12.2. The van der Waals surface area contributed by atoms with Crippen LogP contribution in [0.1, 0.15) is 24.4 Å². The minimum atomic E-state index is -0.212. The number of phenols is 1. The van der Waals surface area contributed by atoms with Crippen molar-refractivity contribution in [3.63, 3.8) is 0 Å². The van der Waals surface area contributed by atoms with Crippen LogP contribution >= 0.6 is 0 Å². The fraction of sp³-hybridized carbons (Fsp3) is 0.381. The van der Waals surface area contributed by atoms with Gasteiger partial charge in [-0.1, -0.05) is 24.3 Å². The average Bonchev–Trinajstić information content (AvgIpc) is 3.22. The lowest BCUT2D eigenvalue weighted by atomic mass is 10.1. The predicted molar refractivity (Wildman–Crippen MR) is 103 cm³/mol. The molecule has 0 spiro atoms. The number of benzene rings is 2. The van der Waals surface area contributed by atoms with E-state index < -0.39 is 0 Å². The summed E-state index contributed by atoms with van der Waals surface area (Å²) in [4.78, 5) is 14.6. The van der Waals surface area contributed by atoms with Crippen LogP contribution in [0.3, 0.4) is 0 Å². The van der Waals surface area contributed by atoms with Crippen molar-refractivity contribution in [2.45, 2.75) is 18.9 Å². The van der Waals surface area contributed by atoms with Crippen LogP contribution in [0.15, 0.2) is 48.5 Å². The Morgan fingerprint density at radius 3 is 2.52 bits per heavy atom. The summed E-state index contributed by atoms with van der Waals surface area (Å²) in [5, 5.41) is 12.7. The van der Waals surface area contributed by atoms with Gasteiger partial charge in [0.2, 0.25) is 0 Å². The number of nitrogens with zero attached hydrogens (tertiary/aromatic N) is 1. The largest absolute Gasteiger partial charge is 0.504 e. The van der Waals surface area contributed by atoms with Crippen LogP contribution in [0.25, 0.3) is 0 Å². The van der Waals surface area contributed by atoms with Gasteiger partial charge in [0, 0.05) is 6.54 Å². The van der Waals surface area contributed by atoms with Crippen LogP contribution < -0.4 is 14.8 Å². The number of carbonyl (C=O) groups is 1. The number of nitrogens with one attached hydrogen (secondary N) is 1. The number of likely N-dealkylation sites (tertiary alicyclic amines) is 1. The summed E-state index contributed by atoms with van der Waals surface area (Å²) in [5.41, 5.74) is 1.15. The van der Waals surface area contributed by atoms with E-state index >= 15 is 0 Å². The van der Waals surface area contributed by atoms with Gasteiger partial charge >= 0.3 is 0 Å². The molecule has 2 aromatic carbocycles. The Balaban J connectivity index is 1.58. The molecular weight excluding hydrogens is 344 g/mol. The van der Waals surface area contributed by atoms with Crippen molar-refractivity contribution in [3.8, 4) is 17.2 Å². The van der Waals surface area contributed by atoms with E-state index in [1.54, 1.807) is 25.3 Å². The van der Waals surface area contributed by atoms with E-state index in [0.29, 0.717) is 12.3 Å². The van der Waals surface area contributed by atoms with Gasteiger partial charge in [0.25, 0.3) is 5.91 Å². The molecule has 144 valence electrons. The molecule has 1 fully saturated rings. The lowest BCUT2D eigenvalue weighted by molar-refractivity contribution is -0.123. The van der Waals surface area contributed by atoms with Gasteiger partial charge in [-0.3, -0.25) is 9.69 Å². The molecule has 2 N–H and O–H groups in total. The van der Waals surface area contributed by atoms with E-state index in [1.807, 2.05) is 24.3 Å². The Labute approximate surface area is 159 Å². The first kappa shape index (κ1) is 19.0. The Morgan fingerprint density at radius 2 is 1.85 bits per heavy atom. The van der Waals surface area contributed by atoms with Gasteiger partial charge in [-0.15, -0.1) is 0 Å². The quantitative estimate of drug-likeness (QED) is 0.748. The monoisotopic (exact) mass is 370 g/mol. The van der Waals surface area contributed by atoms with Crippen LogP contribution in [-0.4, -0.2) is 49.3 Å². The Morgan fingerprint density at radius 1 is 1.15 bits per heavy atom. The molecule has 27 heavy (non-hydrogen) atoms. The van der Waals surface area contributed by atoms with E-state index in [-0.39, 0.29) is 24.3 Å². The standard InChI is InChI=1S/C21H26N2O4/c1-26-17-10-8-16(9-11-17)18(23-12-4-5-13-23)14-22-21(25)15-27-20-7-3-2-6-19(20)24/h2-3,6-11,18,24H,4-5,12-15H2,1H3,(H,22,25). The van der Waals surface area contributed by atoms with Crippen molar-refractivity contribution in [2.24, 2.45) is 0 Å². The normalized spacial score (nSPS) is 15.3.